The molecule has 1 aliphatic carbocycles. The molecule has 3 nitrogen and oxygen atoms in total. The van der Waals surface area contributed by atoms with Gasteiger partial charge in [0.05, 0.1) is 5.52 Å². The summed E-state index contributed by atoms with van der Waals surface area (Å²) < 4.78 is 0. The van der Waals surface area contributed by atoms with Gasteiger partial charge in [-0.2, -0.15) is 0 Å². The number of hydrogen-bond donors (Lipinski definition) is 2. The molecule has 1 fully saturated rings. The fourth-order valence-electron chi connectivity index (χ4n) is 3.72. The lowest BCUT2D eigenvalue weighted by Crippen LogP contribution is -2.35. The first kappa shape index (κ1) is 14.5. The van der Waals surface area contributed by atoms with Gasteiger partial charge in [-0.25, -0.2) is 0 Å². The van der Waals surface area contributed by atoms with Crippen LogP contribution in [0, 0.1) is 11.8 Å². The monoisotopic (exact) mass is 283 g/mol. The van der Waals surface area contributed by atoms with Gasteiger partial charge in [0.1, 0.15) is 0 Å². The van der Waals surface area contributed by atoms with E-state index in [1.54, 1.807) is 0 Å². The van der Waals surface area contributed by atoms with Crippen LogP contribution in [-0.2, 0) is 0 Å². The van der Waals surface area contributed by atoms with Crippen LogP contribution in [0.25, 0.3) is 10.9 Å². The lowest BCUT2D eigenvalue weighted by atomic mass is 9.76. The summed E-state index contributed by atoms with van der Waals surface area (Å²) >= 11 is 0. The Bertz CT molecular complexity index is 588. The maximum absolute atomic E-state index is 5.88. The van der Waals surface area contributed by atoms with E-state index in [4.69, 9.17) is 5.84 Å². The topological polar surface area (TPSA) is 50.9 Å². The molecule has 0 bridgehead atoms. The van der Waals surface area contributed by atoms with E-state index in [2.05, 4.69) is 41.6 Å². The second kappa shape index (κ2) is 6.54. The van der Waals surface area contributed by atoms with Crippen LogP contribution in [-0.4, -0.2) is 4.98 Å². The SMILES string of the molecule is CCC1CCC(C(NN)c2ccc3ncccc3c2)CC1. The summed E-state index contributed by atoms with van der Waals surface area (Å²) in [6.07, 6.45) is 8.39. The highest BCUT2D eigenvalue weighted by molar-refractivity contribution is 5.79. The highest BCUT2D eigenvalue weighted by Gasteiger charge is 2.27. The number of rotatable bonds is 4. The quantitative estimate of drug-likeness (QED) is 0.659. The summed E-state index contributed by atoms with van der Waals surface area (Å²) in [4.78, 5) is 4.39. The summed E-state index contributed by atoms with van der Waals surface area (Å²) in [7, 11) is 0. The van der Waals surface area contributed by atoms with E-state index in [-0.39, 0.29) is 6.04 Å². The van der Waals surface area contributed by atoms with Gasteiger partial charge in [-0.3, -0.25) is 16.3 Å². The third-order valence-electron chi connectivity index (χ3n) is 5.11. The summed E-state index contributed by atoms with van der Waals surface area (Å²) in [5.74, 6) is 7.44. The maximum atomic E-state index is 5.88. The van der Waals surface area contributed by atoms with Gasteiger partial charge in [0.2, 0.25) is 0 Å². The van der Waals surface area contributed by atoms with Crippen molar-refractivity contribution in [3.63, 3.8) is 0 Å². The van der Waals surface area contributed by atoms with E-state index in [9.17, 15) is 0 Å². The fourth-order valence-corrected chi connectivity index (χ4v) is 3.72. The Morgan fingerprint density at radius 2 is 2.05 bits per heavy atom. The van der Waals surface area contributed by atoms with Gasteiger partial charge in [0.25, 0.3) is 0 Å². The summed E-state index contributed by atoms with van der Waals surface area (Å²) in [5.41, 5.74) is 5.40. The first-order valence-corrected chi connectivity index (χ1v) is 8.12. The van der Waals surface area contributed by atoms with Crippen molar-refractivity contribution in [1.82, 2.24) is 10.4 Å². The second-order valence-corrected chi connectivity index (χ2v) is 6.29. The largest absolute Gasteiger partial charge is 0.271 e. The molecule has 1 aliphatic rings. The van der Waals surface area contributed by atoms with Crippen molar-refractivity contribution < 1.29 is 0 Å². The molecular formula is C18H25N3. The van der Waals surface area contributed by atoms with E-state index in [0.29, 0.717) is 5.92 Å². The van der Waals surface area contributed by atoms with Gasteiger partial charge in [0.15, 0.2) is 0 Å². The van der Waals surface area contributed by atoms with Crippen molar-refractivity contribution in [3.8, 4) is 0 Å². The predicted molar refractivity (Wildman–Crippen MR) is 87.5 cm³/mol. The first-order chi connectivity index (χ1) is 10.3. The number of nitrogens with two attached hydrogens (primary N) is 1. The Morgan fingerprint density at radius 3 is 2.76 bits per heavy atom. The molecule has 1 saturated carbocycles. The molecule has 3 rings (SSSR count). The second-order valence-electron chi connectivity index (χ2n) is 6.29. The zero-order chi connectivity index (χ0) is 14.7. The van der Waals surface area contributed by atoms with Crippen molar-refractivity contribution in [2.24, 2.45) is 17.7 Å². The van der Waals surface area contributed by atoms with Crippen LogP contribution in [0.1, 0.15) is 50.6 Å². The molecule has 1 heterocycles. The van der Waals surface area contributed by atoms with E-state index in [0.717, 1.165) is 11.4 Å². The number of benzene rings is 1. The molecular weight excluding hydrogens is 258 g/mol. The van der Waals surface area contributed by atoms with Crippen molar-refractivity contribution >= 4 is 10.9 Å². The Balaban J connectivity index is 1.81. The molecule has 112 valence electrons. The molecule has 1 atom stereocenters. The number of nitrogens with zero attached hydrogens (tertiary/aromatic N) is 1. The highest BCUT2D eigenvalue weighted by Crippen LogP contribution is 2.38. The predicted octanol–water partition coefficient (Wildman–Crippen LogP) is 3.96. The zero-order valence-electron chi connectivity index (χ0n) is 12.8. The molecule has 2 aromatic rings. The highest BCUT2D eigenvalue weighted by atomic mass is 15.2. The molecule has 0 radical (unpaired) electrons. The van der Waals surface area contributed by atoms with Crippen molar-refractivity contribution in [3.05, 3.63) is 42.1 Å². The lowest BCUT2D eigenvalue weighted by molar-refractivity contribution is 0.219. The average Bonchev–Trinajstić information content (AvgIpc) is 2.56. The molecule has 21 heavy (non-hydrogen) atoms. The Kier molecular flexibility index (Phi) is 4.51. The average molecular weight is 283 g/mol. The van der Waals surface area contributed by atoms with Crippen LogP contribution < -0.4 is 11.3 Å². The van der Waals surface area contributed by atoms with Gasteiger partial charge >= 0.3 is 0 Å². The van der Waals surface area contributed by atoms with Crippen molar-refractivity contribution in [2.45, 2.75) is 45.1 Å². The Hall–Kier alpha value is -1.45. The molecule has 0 amide bonds. The zero-order valence-corrected chi connectivity index (χ0v) is 12.8. The van der Waals surface area contributed by atoms with Crippen LogP contribution in [0.4, 0.5) is 0 Å². The summed E-state index contributed by atoms with van der Waals surface area (Å²) in [6.45, 7) is 2.31. The molecule has 0 spiro atoms. The van der Waals surface area contributed by atoms with Gasteiger partial charge in [-0.15, -0.1) is 0 Å². The molecule has 1 aromatic carbocycles. The van der Waals surface area contributed by atoms with Crippen molar-refractivity contribution in [1.29, 1.82) is 0 Å². The number of nitrogens with one attached hydrogen (secondary N) is 1. The summed E-state index contributed by atoms with van der Waals surface area (Å²) in [5, 5.41) is 1.19. The molecule has 3 heteroatoms. The minimum absolute atomic E-state index is 0.257. The van der Waals surface area contributed by atoms with Crippen LogP contribution in [0.5, 0.6) is 0 Å². The Morgan fingerprint density at radius 1 is 1.24 bits per heavy atom. The maximum Gasteiger partial charge on any atom is 0.0702 e. The molecule has 0 saturated heterocycles. The van der Waals surface area contributed by atoms with Gasteiger partial charge < -0.3 is 0 Å². The van der Waals surface area contributed by atoms with Crippen LogP contribution in [0.2, 0.25) is 0 Å². The fraction of sp³-hybridized carbons (Fsp3) is 0.500. The number of pyridine rings is 1. The third kappa shape index (κ3) is 3.09. The first-order valence-electron chi connectivity index (χ1n) is 8.12. The summed E-state index contributed by atoms with van der Waals surface area (Å²) in [6, 6.07) is 10.9. The minimum atomic E-state index is 0.257. The van der Waals surface area contributed by atoms with E-state index < -0.39 is 0 Å². The van der Waals surface area contributed by atoms with Gasteiger partial charge in [-0.1, -0.05) is 38.3 Å². The normalized spacial score (nSPS) is 24.1. The smallest absolute Gasteiger partial charge is 0.0702 e. The molecule has 3 N–H and O–H groups in total. The number of aromatic nitrogens is 1. The minimum Gasteiger partial charge on any atom is -0.271 e. The van der Waals surface area contributed by atoms with Crippen molar-refractivity contribution in [2.75, 3.05) is 0 Å². The third-order valence-corrected chi connectivity index (χ3v) is 5.11. The molecule has 1 aromatic heterocycles. The molecule has 0 aliphatic heterocycles. The van der Waals surface area contributed by atoms with Crippen LogP contribution >= 0.6 is 0 Å². The van der Waals surface area contributed by atoms with E-state index >= 15 is 0 Å². The van der Waals surface area contributed by atoms with Crippen LogP contribution in [0.15, 0.2) is 36.5 Å². The molecule has 1 unspecified atom stereocenters. The number of fused-ring (bicyclic) bond motifs is 1. The van der Waals surface area contributed by atoms with Gasteiger partial charge in [0, 0.05) is 17.6 Å². The number of hydrogen-bond acceptors (Lipinski definition) is 3. The Labute approximate surface area is 126 Å². The standard InChI is InChI=1S/C18H25N3/c1-2-13-5-7-14(8-6-13)18(21-19)16-9-10-17-15(12-16)4-3-11-20-17/h3-4,9-14,18,21H,2,5-8,19H2,1H3. The lowest BCUT2D eigenvalue weighted by Gasteiger charge is -2.33. The van der Waals surface area contributed by atoms with E-state index in [1.807, 2.05) is 12.3 Å². The van der Waals surface area contributed by atoms with E-state index in [1.165, 1.54) is 43.1 Å². The van der Waals surface area contributed by atoms with Crippen LogP contribution in [0.3, 0.4) is 0 Å². The number of hydrazine groups is 1. The van der Waals surface area contributed by atoms with Gasteiger partial charge in [-0.05, 0) is 48.4 Å².